The van der Waals surface area contributed by atoms with Crippen molar-refractivity contribution in [1.82, 2.24) is 0 Å². The molecule has 2 aromatic carbocycles. The molecule has 0 saturated carbocycles. The van der Waals surface area contributed by atoms with Gasteiger partial charge in [0, 0.05) is 15.6 Å². The zero-order chi connectivity index (χ0) is 16.7. The molecule has 0 radical (unpaired) electrons. The summed E-state index contributed by atoms with van der Waals surface area (Å²) in [5.74, 6) is -0.951. The first-order chi connectivity index (χ1) is 11.1. The van der Waals surface area contributed by atoms with Gasteiger partial charge < -0.3 is 4.74 Å². The lowest BCUT2D eigenvalue weighted by Gasteiger charge is -2.05. The van der Waals surface area contributed by atoms with E-state index in [-0.39, 0.29) is 18.8 Å². The molecule has 0 heterocycles. The van der Waals surface area contributed by atoms with Crippen LogP contribution >= 0.6 is 23.2 Å². The summed E-state index contributed by atoms with van der Waals surface area (Å²) in [6.45, 7) is 0.0417. The maximum Gasteiger partial charge on any atom is 0.314 e. The SMILES string of the molecule is O=C(C=Cc1ccccc1Cl)CC(=O)OCc1ccccc1Cl. The Bertz CT molecular complexity index is 739. The Morgan fingerprint density at radius 1 is 0.957 bits per heavy atom. The van der Waals surface area contributed by atoms with Gasteiger partial charge in [-0.3, -0.25) is 9.59 Å². The second-order valence-corrected chi connectivity index (χ2v) is 5.56. The van der Waals surface area contributed by atoms with Crippen molar-refractivity contribution < 1.29 is 14.3 Å². The Hall–Kier alpha value is -2.10. The summed E-state index contributed by atoms with van der Waals surface area (Å²) in [6.07, 6.45) is 2.56. The van der Waals surface area contributed by atoms with Gasteiger partial charge in [0.2, 0.25) is 0 Å². The van der Waals surface area contributed by atoms with Crippen LogP contribution in [0.5, 0.6) is 0 Å². The zero-order valence-electron chi connectivity index (χ0n) is 12.2. The third-order valence-electron chi connectivity index (χ3n) is 3.02. The van der Waals surface area contributed by atoms with Gasteiger partial charge in [0.15, 0.2) is 5.78 Å². The first-order valence-electron chi connectivity index (χ1n) is 6.91. The molecule has 0 aliphatic carbocycles. The average molecular weight is 349 g/mol. The molecule has 0 unspecified atom stereocenters. The van der Waals surface area contributed by atoms with Gasteiger partial charge in [-0.05, 0) is 29.8 Å². The van der Waals surface area contributed by atoms with E-state index >= 15 is 0 Å². The number of ether oxygens (including phenoxy) is 1. The van der Waals surface area contributed by atoms with Crippen molar-refractivity contribution in [2.75, 3.05) is 0 Å². The van der Waals surface area contributed by atoms with Crippen molar-refractivity contribution >= 4 is 41.0 Å². The highest BCUT2D eigenvalue weighted by Crippen LogP contribution is 2.17. The van der Waals surface area contributed by atoms with Crippen LogP contribution in [-0.4, -0.2) is 11.8 Å². The number of halogens is 2. The summed E-state index contributed by atoms with van der Waals surface area (Å²) in [7, 11) is 0. The van der Waals surface area contributed by atoms with Gasteiger partial charge in [0.25, 0.3) is 0 Å². The summed E-state index contributed by atoms with van der Waals surface area (Å²) in [5.41, 5.74) is 1.41. The molecule has 0 saturated heterocycles. The molecule has 0 spiro atoms. The Balaban J connectivity index is 1.84. The fourth-order valence-electron chi connectivity index (χ4n) is 1.82. The summed E-state index contributed by atoms with van der Waals surface area (Å²) in [5, 5.41) is 1.06. The monoisotopic (exact) mass is 348 g/mol. The summed E-state index contributed by atoms with van der Waals surface area (Å²) in [4.78, 5) is 23.4. The van der Waals surface area contributed by atoms with E-state index in [2.05, 4.69) is 0 Å². The van der Waals surface area contributed by atoms with Crippen LogP contribution in [0.4, 0.5) is 0 Å². The standard InChI is InChI=1S/C18H14Cl2O3/c19-16-7-3-1-5-13(16)9-10-15(21)11-18(22)23-12-14-6-2-4-8-17(14)20/h1-10H,11-12H2. The third-order valence-corrected chi connectivity index (χ3v) is 3.73. The van der Waals surface area contributed by atoms with E-state index in [4.69, 9.17) is 27.9 Å². The molecule has 5 heteroatoms. The molecule has 0 N–H and O–H groups in total. The molecule has 2 rings (SSSR count). The Labute approximate surface area is 144 Å². The number of ketones is 1. The summed E-state index contributed by atoms with van der Waals surface area (Å²) in [6, 6.07) is 14.2. The smallest absolute Gasteiger partial charge is 0.314 e. The minimum Gasteiger partial charge on any atom is -0.460 e. The van der Waals surface area contributed by atoms with Crippen LogP contribution < -0.4 is 0 Å². The lowest BCUT2D eigenvalue weighted by atomic mass is 10.2. The number of rotatable bonds is 6. The topological polar surface area (TPSA) is 43.4 Å². The van der Waals surface area contributed by atoms with Crippen molar-refractivity contribution in [2.45, 2.75) is 13.0 Å². The number of allylic oxidation sites excluding steroid dienone is 1. The van der Waals surface area contributed by atoms with E-state index in [1.165, 1.54) is 6.08 Å². The first-order valence-corrected chi connectivity index (χ1v) is 7.66. The second-order valence-electron chi connectivity index (χ2n) is 4.75. The normalized spacial score (nSPS) is 10.7. The highest BCUT2D eigenvalue weighted by atomic mass is 35.5. The highest BCUT2D eigenvalue weighted by Gasteiger charge is 2.09. The maximum atomic E-state index is 11.8. The van der Waals surface area contributed by atoms with E-state index in [1.54, 1.807) is 48.5 Å². The fourth-order valence-corrected chi connectivity index (χ4v) is 2.21. The van der Waals surface area contributed by atoms with E-state index in [1.807, 2.05) is 6.07 Å². The molecular formula is C18H14Cl2O3. The van der Waals surface area contributed by atoms with Crippen LogP contribution in [0.3, 0.4) is 0 Å². The quantitative estimate of drug-likeness (QED) is 0.431. The number of carbonyl (C=O) groups excluding carboxylic acids is 2. The zero-order valence-corrected chi connectivity index (χ0v) is 13.7. The van der Waals surface area contributed by atoms with E-state index in [9.17, 15) is 9.59 Å². The number of carbonyl (C=O) groups is 2. The number of hydrogen-bond donors (Lipinski definition) is 0. The van der Waals surface area contributed by atoms with Crippen molar-refractivity contribution in [1.29, 1.82) is 0 Å². The molecule has 3 nitrogen and oxygen atoms in total. The average Bonchev–Trinajstić information content (AvgIpc) is 2.53. The van der Waals surface area contributed by atoms with Crippen molar-refractivity contribution in [2.24, 2.45) is 0 Å². The summed E-state index contributed by atoms with van der Waals surface area (Å²) < 4.78 is 5.05. The molecule has 118 valence electrons. The lowest BCUT2D eigenvalue weighted by molar-refractivity contribution is -0.146. The van der Waals surface area contributed by atoms with Gasteiger partial charge in [-0.25, -0.2) is 0 Å². The van der Waals surface area contributed by atoms with Gasteiger partial charge in [-0.1, -0.05) is 59.6 Å². The molecule has 0 aliphatic heterocycles. The predicted molar refractivity (Wildman–Crippen MR) is 91.4 cm³/mol. The number of benzene rings is 2. The molecule has 0 aromatic heterocycles. The fraction of sp³-hybridized carbons (Fsp3) is 0.111. The summed E-state index contributed by atoms with van der Waals surface area (Å²) >= 11 is 11.9. The predicted octanol–water partition coefficient (Wildman–Crippen LogP) is 4.71. The van der Waals surface area contributed by atoms with Gasteiger partial charge in [-0.2, -0.15) is 0 Å². The third kappa shape index (κ3) is 5.55. The van der Waals surface area contributed by atoms with E-state index < -0.39 is 5.97 Å². The van der Waals surface area contributed by atoms with E-state index in [0.29, 0.717) is 21.2 Å². The Morgan fingerprint density at radius 3 is 2.30 bits per heavy atom. The minimum absolute atomic E-state index is 0.0417. The molecule has 0 aliphatic rings. The number of esters is 1. The van der Waals surface area contributed by atoms with Crippen LogP contribution in [0.1, 0.15) is 17.5 Å². The van der Waals surface area contributed by atoms with Crippen LogP contribution in [-0.2, 0) is 20.9 Å². The molecule has 23 heavy (non-hydrogen) atoms. The highest BCUT2D eigenvalue weighted by molar-refractivity contribution is 6.32. The van der Waals surface area contributed by atoms with Crippen LogP contribution in [0, 0.1) is 0 Å². The first kappa shape index (κ1) is 17.3. The van der Waals surface area contributed by atoms with Gasteiger partial charge >= 0.3 is 5.97 Å². The van der Waals surface area contributed by atoms with Crippen molar-refractivity contribution in [3.05, 3.63) is 75.8 Å². The molecule has 0 amide bonds. The van der Waals surface area contributed by atoms with Crippen molar-refractivity contribution in [3.8, 4) is 0 Å². The van der Waals surface area contributed by atoms with Crippen LogP contribution in [0.2, 0.25) is 10.0 Å². The van der Waals surface area contributed by atoms with Gasteiger partial charge in [-0.15, -0.1) is 0 Å². The van der Waals surface area contributed by atoms with E-state index in [0.717, 1.165) is 0 Å². The maximum absolute atomic E-state index is 11.8. The molecule has 2 aromatic rings. The lowest BCUT2D eigenvalue weighted by Crippen LogP contribution is -2.09. The number of hydrogen-bond acceptors (Lipinski definition) is 3. The largest absolute Gasteiger partial charge is 0.460 e. The van der Waals surface area contributed by atoms with Gasteiger partial charge in [0.05, 0.1) is 0 Å². The van der Waals surface area contributed by atoms with Crippen molar-refractivity contribution in [3.63, 3.8) is 0 Å². The van der Waals surface area contributed by atoms with Gasteiger partial charge in [0.1, 0.15) is 13.0 Å². The Morgan fingerprint density at radius 2 is 1.61 bits per heavy atom. The molecule has 0 atom stereocenters. The molecule has 0 fully saturated rings. The van der Waals surface area contributed by atoms with Crippen LogP contribution in [0.25, 0.3) is 6.08 Å². The molecule has 0 bridgehead atoms. The molecular weight excluding hydrogens is 335 g/mol. The minimum atomic E-state index is -0.598. The second kappa shape index (κ2) is 8.51. The Kier molecular flexibility index (Phi) is 6.39. The van der Waals surface area contributed by atoms with Crippen LogP contribution in [0.15, 0.2) is 54.6 Å².